The Morgan fingerprint density at radius 1 is 0.551 bits per heavy atom. The summed E-state index contributed by atoms with van der Waals surface area (Å²) in [4.78, 5) is 3.12. The first-order valence-corrected chi connectivity index (χ1v) is 17.9. The Balaban J connectivity index is 1.32. The summed E-state index contributed by atoms with van der Waals surface area (Å²) in [6.07, 6.45) is 9.83. The van der Waals surface area contributed by atoms with Crippen LogP contribution in [0.15, 0.2) is 72.8 Å². The number of nitrogens with zero attached hydrogens (tertiary/aromatic N) is 6. The molecular weight excluding hydrogens is 608 g/mol. The quantitative estimate of drug-likeness (QED) is 0.113. The maximum absolute atomic E-state index is 10.9. The van der Waals surface area contributed by atoms with Gasteiger partial charge < -0.3 is 10.2 Å². The SMILES string of the molecule is CCCCCC(C)(C)c1ccc(O)c(-n2nc3cccc(Cc4cccc5nn(-c6cc(C(C)(C)CCCCC)ccc6O)nc45)c3n2)c1. The summed E-state index contributed by atoms with van der Waals surface area (Å²) in [5.74, 6) is 0.293. The summed E-state index contributed by atoms with van der Waals surface area (Å²) in [5, 5.41) is 41.2. The zero-order valence-corrected chi connectivity index (χ0v) is 29.9. The van der Waals surface area contributed by atoms with Crippen molar-refractivity contribution in [3.05, 3.63) is 95.1 Å². The Bertz CT molecular complexity index is 1920. The van der Waals surface area contributed by atoms with Gasteiger partial charge >= 0.3 is 0 Å². The largest absolute Gasteiger partial charge is 0.506 e. The number of rotatable bonds is 14. The van der Waals surface area contributed by atoms with Crippen molar-refractivity contribution in [3.8, 4) is 22.9 Å². The van der Waals surface area contributed by atoms with Gasteiger partial charge in [0, 0.05) is 6.42 Å². The molecule has 8 heteroatoms. The molecule has 49 heavy (non-hydrogen) atoms. The molecule has 0 saturated heterocycles. The van der Waals surface area contributed by atoms with Crippen LogP contribution in [0, 0.1) is 0 Å². The lowest BCUT2D eigenvalue weighted by atomic mass is 9.80. The highest BCUT2D eigenvalue weighted by Crippen LogP contribution is 2.35. The fourth-order valence-electron chi connectivity index (χ4n) is 6.82. The molecule has 0 bridgehead atoms. The number of aromatic nitrogens is 6. The third-order valence-corrected chi connectivity index (χ3v) is 10.1. The van der Waals surface area contributed by atoms with E-state index in [1.54, 1.807) is 21.7 Å². The van der Waals surface area contributed by atoms with Gasteiger partial charge in [-0.25, -0.2) is 0 Å². The minimum absolute atomic E-state index is 0.0333. The maximum atomic E-state index is 10.9. The number of aromatic hydroxyl groups is 2. The van der Waals surface area contributed by atoms with E-state index in [9.17, 15) is 10.2 Å². The van der Waals surface area contributed by atoms with Crippen molar-refractivity contribution in [1.29, 1.82) is 0 Å². The number of phenolic OH excluding ortho intramolecular Hbond substituents is 2. The summed E-state index contributed by atoms with van der Waals surface area (Å²) in [6.45, 7) is 13.5. The van der Waals surface area contributed by atoms with E-state index in [1.807, 2.05) is 48.5 Å². The van der Waals surface area contributed by atoms with Crippen molar-refractivity contribution >= 4 is 22.1 Å². The van der Waals surface area contributed by atoms with Crippen LogP contribution in [0.2, 0.25) is 0 Å². The smallest absolute Gasteiger partial charge is 0.143 e. The van der Waals surface area contributed by atoms with Crippen LogP contribution in [0.4, 0.5) is 0 Å². The van der Waals surface area contributed by atoms with Gasteiger partial charge in [-0.3, -0.25) is 0 Å². The summed E-state index contributed by atoms with van der Waals surface area (Å²) in [7, 11) is 0. The van der Waals surface area contributed by atoms with Crippen LogP contribution in [0.25, 0.3) is 33.4 Å². The molecule has 0 aliphatic rings. The molecule has 0 amide bonds. The number of fused-ring (bicyclic) bond motifs is 2. The van der Waals surface area contributed by atoms with Crippen molar-refractivity contribution in [3.63, 3.8) is 0 Å². The average molecular weight is 659 g/mol. The van der Waals surface area contributed by atoms with E-state index in [2.05, 4.69) is 53.7 Å². The second-order valence-corrected chi connectivity index (χ2v) is 14.8. The van der Waals surface area contributed by atoms with Crippen molar-refractivity contribution in [2.45, 2.75) is 110 Å². The molecule has 256 valence electrons. The summed E-state index contributed by atoms with van der Waals surface area (Å²) in [6, 6.07) is 23.6. The highest BCUT2D eigenvalue weighted by atomic mass is 16.3. The van der Waals surface area contributed by atoms with Crippen molar-refractivity contribution in [2.75, 3.05) is 0 Å². The van der Waals surface area contributed by atoms with E-state index in [1.165, 1.54) is 38.5 Å². The van der Waals surface area contributed by atoms with E-state index < -0.39 is 0 Å². The van der Waals surface area contributed by atoms with Crippen molar-refractivity contribution in [1.82, 2.24) is 30.0 Å². The zero-order chi connectivity index (χ0) is 34.8. The molecular formula is C41H50N6O2. The molecule has 0 saturated carbocycles. The molecule has 0 aliphatic carbocycles. The molecule has 0 radical (unpaired) electrons. The Hall–Kier alpha value is -4.72. The number of phenols is 2. The molecule has 0 fully saturated rings. The third kappa shape index (κ3) is 7.19. The van der Waals surface area contributed by atoms with E-state index in [-0.39, 0.29) is 22.3 Å². The van der Waals surface area contributed by atoms with Gasteiger partial charge in [-0.2, -0.15) is 0 Å². The van der Waals surface area contributed by atoms with Gasteiger partial charge in [-0.15, -0.1) is 30.0 Å². The Morgan fingerprint density at radius 3 is 1.39 bits per heavy atom. The number of hydrogen-bond donors (Lipinski definition) is 2. The lowest BCUT2D eigenvalue weighted by Crippen LogP contribution is -2.17. The minimum Gasteiger partial charge on any atom is -0.506 e. The van der Waals surface area contributed by atoms with Crippen molar-refractivity contribution < 1.29 is 10.2 Å². The Labute approximate surface area is 289 Å². The van der Waals surface area contributed by atoms with Gasteiger partial charge in [-0.05, 0) is 82.3 Å². The third-order valence-electron chi connectivity index (χ3n) is 10.1. The summed E-state index contributed by atoms with van der Waals surface area (Å²) in [5.41, 5.74) is 8.45. The van der Waals surface area contributed by atoms with Crippen LogP contribution in [-0.4, -0.2) is 40.2 Å². The highest BCUT2D eigenvalue weighted by Gasteiger charge is 2.24. The number of unbranched alkanes of at least 4 members (excludes halogenated alkanes) is 4. The average Bonchev–Trinajstić information content (AvgIpc) is 3.71. The molecule has 6 aromatic rings. The fourth-order valence-corrected chi connectivity index (χ4v) is 6.82. The topological polar surface area (TPSA) is 102 Å². The molecule has 2 heterocycles. The molecule has 2 aromatic heterocycles. The minimum atomic E-state index is -0.0333. The van der Waals surface area contributed by atoms with Crippen LogP contribution in [0.1, 0.15) is 115 Å². The predicted molar refractivity (Wildman–Crippen MR) is 198 cm³/mol. The van der Waals surface area contributed by atoms with Gasteiger partial charge in [0.1, 0.15) is 44.9 Å². The predicted octanol–water partition coefficient (Wildman–Crippen LogP) is 9.87. The molecule has 8 nitrogen and oxygen atoms in total. The van der Waals surface area contributed by atoms with Gasteiger partial charge in [0.05, 0.1) is 0 Å². The van der Waals surface area contributed by atoms with Gasteiger partial charge in [0.25, 0.3) is 0 Å². The molecule has 0 unspecified atom stereocenters. The van der Waals surface area contributed by atoms with Gasteiger partial charge in [0.15, 0.2) is 0 Å². The van der Waals surface area contributed by atoms with E-state index in [4.69, 9.17) is 20.4 Å². The van der Waals surface area contributed by atoms with Crippen LogP contribution < -0.4 is 0 Å². The lowest BCUT2D eigenvalue weighted by molar-refractivity contribution is 0.444. The van der Waals surface area contributed by atoms with Crippen molar-refractivity contribution in [2.24, 2.45) is 0 Å². The zero-order valence-electron chi connectivity index (χ0n) is 29.9. The highest BCUT2D eigenvalue weighted by molar-refractivity contribution is 5.82. The van der Waals surface area contributed by atoms with E-state index in [0.717, 1.165) is 57.2 Å². The molecule has 2 N–H and O–H groups in total. The first-order valence-electron chi connectivity index (χ1n) is 17.9. The Morgan fingerprint density at radius 2 is 0.980 bits per heavy atom. The normalized spacial score (nSPS) is 12.4. The molecule has 4 aromatic carbocycles. The van der Waals surface area contributed by atoms with Crippen LogP contribution in [0.3, 0.4) is 0 Å². The molecule has 0 atom stereocenters. The second kappa shape index (κ2) is 14.0. The van der Waals surface area contributed by atoms with Crippen LogP contribution >= 0.6 is 0 Å². The maximum Gasteiger partial charge on any atom is 0.143 e. The van der Waals surface area contributed by atoms with Gasteiger partial charge in [0.2, 0.25) is 0 Å². The standard InChI is InChI=1S/C41H50N6O2/c1-7-9-11-23-40(3,4)30-19-21-36(48)34(26-30)46-42-32-17-13-15-28(38(32)44-46)25-29-16-14-18-33-39(29)45-47(43-33)35-27-31(20-22-37(35)49)41(5,6)24-12-10-8-2/h13-22,26-27,48-49H,7-12,23-25H2,1-6H3. The summed E-state index contributed by atoms with van der Waals surface area (Å²) < 4.78 is 0. The van der Waals surface area contributed by atoms with E-state index in [0.29, 0.717) is 17.8 Å². The van der Waals surface area contributed by atoms with Crippen LogP contribution in [-0.2, 0) is 17.3 Å². The van der Waals surface area contributed by atoms with E-state index >= 15 is 0 Å². The van der Waals surface area contributed by atoms with Crippen LogP contribution in [0.5, 0.6) is 11.5 Å². The Kier molecular flexibility index (Phi) is 9.77. The summed E-state index contributed by atoms with van der Waals surface area (Å²) >= 11 is 0. The van der Waals surface area contributed by atoms with Gasteiger partial charge in [-0.1, -0.05) is 116 Å². The second-order valence-electron chi connectivity index (χ2n) is 14.8. The number of benzene rings is 4. The fraction of sp³-hybridized carbons (Fsp3) is 0.415. The number of hydrogen-bond acceptors (Lipinski definition) is 6. The lowest BCUT2D eigenvalue weighted by Gasteiger charge is -2.26. The molecule has 0 spiro atoms. The molecule has 0 aliphatic heterocycles. The monoisotopic (exact) mass is 658 g/mol. The first-order chi connectivity index (χ1) is 23.5. The molecule has 6 rings (SSSR count). The first kappa shape index (κ1) is 34.2.